The minimum atomic E-state index is -3.86. The number of rotatable bonds is 4. The number of aliphatic hydroxyl groups is 2. The SMILES string of the molecule is O=c1[nH]c(=O)n([C@@H]2O[C@H](COP(=O)(Cl)Cl)C(O)[C@@H]2O)cc1O. The summed E-state index contributed by atoms with van der Waals surface area (Å²) in [6.07, 6.45) is -8.81. The molecule has 1 fully saturated rings. The lowest BCUT2D eigenvalue weighted by atomic mass is 10.1. The Morgan fingerprint density at radius 1 is 1.36 bits per heavy atom. The van der Waals surface area contributed by atoms with Crippen molar-refractivity contribution in [3.05, 3.63) is 27.0 Å². The summed E-state index contributed by atoms with van der Waals surface area (Å²) in [6, 6.07) is 0. The first-order valence-corrected chi connectivity index (χ1v) is 9.23. The number of hydrogen-bond acceptors (Lipinski definition) is 8. The highest BCUT2D eigenvalue weighted by atomic mass is 35.9. The van der Waals surface area contributed by atoms with Crippen LogP contribution in [-0.2, 0) is 13.8 Å². The predicted octanol–water partition coefficient (Wildman–Crippen LogP) is -0.536. The fraction of sp³-hybridized carbons (Fsp3) is 0.556. The second-order valence-electron chi connectivity index (χ2n) is 4.44. The Bertz CT molecular complexity index is 714. The number of aliphatic hydroxyl groups excluding tert-OH is 2. The van der Waals surface area contributed by atoms with Crippen molar-refractivity contribution in [3.8, 4) is 5.75 Å². The molecule has 0 aliphatic carbocycles. The van der Waals surface area contributed by atoms with Crippen LogP contribution in [0, 0.1) is 0 Å². The normalized spacial score (nSPS) is 28.9. The Labute approximate surface area is 131 Å². The van der Waals surface area contributed by atoms with Crippen LogP contribution in [0.1, 0.15) is 6.23 Å². The summed E-state index contributed by atoms with van der Waals surface area (Å²) in [7, 11) is 0. The second-order valence-corrected chi connectivity index (χ2v) is 8.71. The number of hydrogen-bond donors (Lipinski definition) is 4. The summed E-state index contributed by atoms with van der Waals surface area (Å²) in [4.78, 5) is 24.5. The maximum Gasteiger partial charge on any atom is 0.380 e. The van der Waals surface area contributed by atoms with E-state index in [9.17, 15) is 29.5 Å². The van der Waals surface area contributed by atoms with E-state index < -0.39 is 54.2 Å². The van der Waals surface area contributed by atoms with Crippen molar-refractivity contribution in [1.82, 2.24) is 9.55 Å². The maximum atomic E-state index is 11.7. The zero-order chi connectivity index (χ0) is 16.7. The van der Waals surface area contributed by atoms with Crippen LogP contribution >= 0.6 is 28.6 Å². The van der Waals surface area contributed by atoms with Gasteiger partial charge < -0.3 is 24.6 Å². The van der Waals surface area contributed by atoms with Gasteiger partial charge >= 0.3 is 11.8 Å². The highest BCUT2D eigenvalue weighted by molar-refractivity contribution is 8.05. The molecule has 2 heterocycles. The predicted molar refractivity (Wildman–Crippen MR) is 74.2 cm³/mol. The average Bonchev–Trinajstić information content (AvgIpc) is 2.68. The number of aromatic nitrogens is 2. The molecular weight excluding hydrogens is 366 g/mol. The van der Waals surface area contributed by atoms with Crippen molar-refractivity contribution >= 4 is 28.6 Å². The number of nitrogens with one attached hydrogen (secondary N) is 1. The van der Waals surface area contributed by atoms with Crippen LogP contribution in [0.2, 0.25) is 0 Å². The van der Waals surface area contributed by atoms with Gasteiger partial charge in [-0.1, -0.05) is 0 Å². The molecule has 10 nitrogen and oxygen atoms in total. The number of ether oxygens (including phenoxy) is 1. The van der Waals surface area contributed by atoms with Gasteiger partial charge in [-0.05, 0) is 22.5 Å². The van der Waals surface area contributed by atoms with E-state index >= 15 is 0 Å². The molecule has 0 saturated carbocycles. The van der Waals surface area contributed by atoms with Crippen molar-refractivity contribution in [2.75, 3.05) is 6.61 Å². The molecule has 0 bridgehead atoms. The molecule has 1 aromatic heterocycles. The van der Waals surface area contributed by atoms with Crippen LogP contribution in [0.15, 0.2) is 15.8 Å². The van der Waals surface area contributed by atoms with E-state index in [2.05, 4.69) is 4.52 Å². The number of aromatic amines is 1. The summed E-state index contributed by atoms with van der Waals surface area (Å²) in [6.45, 7) is -0.511. The third kappa shape index (κ3) is 3.72. The van der Waals surface area contributed by atoms with Crippen LogP contribution in [-0.4, -0.2) is 49.8 Å². The van der Waals surface area contributed by atoms with E-state index in [0.717, 1.165) is 6.20 Å². The molecule has 13 heteroatoms. The van der Waals surface area contributed by atoms with Crippen molar-refractivity contribution in [2.45, 2.75) is 24.5 Å². The first kappa shape index (κ1) is 17.5. The molecule has 1 unspecified atom stereocenters. The van der Waals surface area contributed by atoms with Gasteiger partial charge in [0.2, 0.25) is 0 Å². The molecule has 4 atom stereocenters. The van der Waals surface area contributed by atoms with E-state index in [0.29, 0.717) is 4.57 Å². The number of H-pyrrole nitrogens is 1. The quantitative estimate of drug-likeness (QED) is 0.511. The molecular formula is C9H11Cl2N2O8P. The largest absolute Gasteiger partial charge is 0.502 e. The summed E-state index contributed by atoms with van der Waals surface area (Å²) in [5.74, 6) is -0.782. The molecule has 4 N–H and O–H groups in total. The van der Waals surface area contributed by atoms with Crippen LogP contribution in [0.4, 0.5) is 0 Å². The molecule has 1 aliphatic heterocycles. The molecule has 124 valence electrons. The molecule has 0 radical (unpaired) electrons. The van der Waals surface area contributed by atoms with Gasteiger partial charge in [-0.2, -0.15) is 0 Å². The summed E-state index contributed by atoms with van der Waals surface area (Å²) < 4.78 is 21.5. The molecule has 1 aliphatic rings. The topological polar surface area (TPSA) is 151 Å². The lowest BCUT2D eigenvalue weighted by Crippen LogP contribution is -2.37. The Morgan fingerprint density at radius 3 is 2.59 bits per heavy atom. The lowest BCUT2D eigenvalue weighted by Gasteiger charge is -2.17. The first-order valence-electron chi connectivity index (χ1n) is 5.80. The van der Waals surface area contributed by atoms with Gasteiger partial charge in [-0.3, -0.25) is 18.9 Å². The highest BCUT2D eigenvalue weighted by Crippen LogP contribution is 2.57. The molecule has 0 spiro atoms. The number of halogens is 2. The van der Waals surface area contributed by atoms with E-state index in [1.807, 2.05) is 0 Å². The van der Waals surface area contributed by atoms with Crippen LogP contribution in [0.25, 0.3) is 0 Å². The van der Waals surface area contributed by atoms with Crippen molar-refractivity contribution in [3.63, 3.8) is 0 Å². The van der Waals surface area contributed by atoms with E-state index in [4.69, 9.17) is 27.2 Å². The number of aromatic hydroxyl groups is 1. The second kappa shape index (κ2) is 6.32. The molecule has 1 saturated heterocycles. The molecule has 1 aromatic rings. The van der Waals surface area contributed by atoms with Crippen LogP contribution < -0.4 is 11.2 Å². The summed E-state index contributed by atoms with van der Waals surface area (Å²) in [5, 5.41) is 29.0. The van der Waals surface area contributed by atoms with E-state index in [1.165, 1.54) is 0 Å². The maximum absolute atomic E-state index is 11.7. The minimum Gasteiger partial charge on any atom is -0.502 e. The lowest BCUT2D eigenvalue weighted by molar-refractivity contribution is -0.0510. The Morgan fingerprint density at radius 2 is 2.00 bits per heavy atom. The molecule has 2 rings (SSSR count). The van der Waals surface area contributed by atoms with Gasteiger partial charge in [-0.25, -0.2) is 4.79 Å². The van der Waals surface area contributed by atoms with E-state index in [-0.39, 0.29) is 0 Å². The summed E-state index contributed by atoms with van der Waals surface area (Å²) >= 11 is 10.4. The Kier molecular flexibility index (Phi) is 5.03. The van der Waals surface area contributed by atoms with Crippen LogP contribution in [0.5, 0.6) is 5.75 Å². The van der Waals surface area contributed by atoms with Gasteiger partial charge in [0.1, 0.15) is 18.3 Å². The molecule has 22 heavy (non-hydrogen) atoms. The smallest absolute Gasteiger partial charge is 0.380 e. The standard InChI is InChI=1S/C9H11Cl2N2O8P/c10-22(11,19)20-2-4-5(15)6(16)8(21-4)13-1-3(14)7(17)12-9(13)18/h1,4-6,8,14-16H,2H2,(H,12,17,18)/t4-,5?,6+,8-/m1/s1. The van der Waals surface area contributed by atoms with Gasteiger partial charge in [0.15, 0.2) is 12.0 Å². The molecule has 0 aromatic carbocycles. The fourth-order valence-electron chi connectivity index (χ4n) is 1.92. The third-order valence-corrected chi connectivity index (χ3v) is 3.98. The zero-order valence-electron chi connectivity index (χ0n) is 10.6. The molecule has 0 amide bonds. The monoisotopic (exact) mass is 376 g/mol. The third-order valence-electron chi connectivity index (χ3n) is 2.95. The zero-order valence-corrected chi connectivity index (χ0v) is 13.0. The number of nitrogens with zero attached hydrogens (tertiary/aromatic N) is 1. The van der Waals surface area contributed by atoms with Gasteiger partial charge in [0.05, 0.1) is 12.8 Å². The Balaban J connectivity index is 2.23. The average molecular weight is 377 g/mol. The van der Waals surface area contributed by atoms with Gasteiger partial charge in [0.25, 0.3) is 5.56 Å². The highest BCUT2D eigenvalue weighted by Gasteiger charge is 2.45. The van der Waals surface area contributed by atoms with Gasteiger partial charge in [-0.15, -0.1) is 0 Å². The van der Waals surface area contributed by atoms with Crippen molar-refractivity contribution < 1.29 is 29.1 Å². The fourth-order valence-corrected chi connectivity index (χ4v) is 2.58. The minimum absolute atomic E-state index is 0.511. The van der Waals surface area contributed by atoms with Gasteiger partial charge in [0, 0.05) is 0 Å². The van der Waals surface area contributed by atoms with Crippen molar-refractivity contribution in [1.29, 1.82) is 0 Å². The van der Waals surface area contributed by atoms with E-state index in [1.54, 1.807) is 4.98 Å². The van der Waals surface area contributed by atoms with Crippen molar-refractivity contribution in [2.24, 2.45) is 0 Å². The summed E-state index contributed by atoms with van der Waals surface area (Å²) in [5.41, 5.74) is -1.99. The first-order chi connectivity index (χ1) is 10.1. The van der Waals surface area contributed by atoms with Crippen LogP contribution in [0.3, 0.4) is 0 Å². The Hall–Kier alpha value is -0.870.